The van der Waals surface area contributed by atoms with Gasteiger partial charge in [-0.3, -0.25) is 0 Å². The molecule has 2 aromatic rings. The lowest BCUT2D eigenvalue weighted by molar-refractivity contribution is 0.00884. The van der Waals surface area contributed by atoms with Crippen LogP contribution in [0.2, 0.25) is 45.8 Å². The van der Waals surface area contributed by atoms with Gasteiger partial charge in [-0.2, -0.15) is 0 Å². The highest BCUT2D eigenvalue weighted by Gasteiger charge is 2.63. The van der Waals surface area contributed by atoms with E-state index in [-0.39, 0.29) is 0 Å². The lowest BCUT2D eigenvalue weighted by atomic mass is 9.87. The Morgan fingerprint density at radius 2 is 0.786 bits per heavy atom. The second-order valence-corrected chi connectivity index (χ2v) is 54.4. The zero-order valence-corrected chi connectivity index (χ0v) is 94.0. The van der Waals surface area contributed by atoms with Gasteiger partial charge in [0, 0.05) is 122 Å². The Bertz CT molecular complexity index is 3210. The summed E-state index contributed by atoms with van der Waals surface area (Å²) < 4.78 is 91.8. The van der Waals surface area contributed by atoms with Crippen LogP contribution in [0.4, 0.5) is 0 Å². The highest BCUT2D eigenvalue weighted by molar-refractivity contribution is 6.32. The van der Waals surface area contributed by atoms with Gasteiger partial charge >= 0.3 is 0 Å². The summed E-state index contributed by atoms with van der Waals surface area (Å²) in [6.45, 7) is 15.0. The first-order valence-corrected chi connectivity index (χ1v) is 60.7. The third-order valence-electron chi connectivity index (χ3n) is 31.9. The fourth-order valence-electron chi connectivity index (χ4n) is 24.4. The molecule has 10 saturated heterocycles. The molecule has 36 unspecified atom stereocenters. The number of benzene rings is 2. The van der Waals surface area contributed by atoms with Crippen LogP contribution in [0.3, 0.4) is 0 Å². The number of hydrogen-bond donors (Lipinski definition) is 0. The van der Waals surface area contributed by atoms with Crippen molar-refractivity contribution in [1.29, 1.82) is 0 Å². The minimum atomic E-state index is 0.348. The number of rotatable bonds is 29. The Morgan fingerprint density at radius 3 is 1.24 bits per heavy atom. The summed E-state index contributed by atoms with van der Waals surface area (Å²) in [4.78, 5) is 0. The summed E-state index contributed by atoms with van der Waals surface area (Å²) in [5.41, 5.74) is 5.48. The molecule has 660 valence electrons. The number of ether oxygens (including phenoxy) is 17. The predicted molar refractivity (Wildman–Crippen MR) is 499 cm³/mol. The van der Waals surface area contributed by atoms with E-state index in [4.69, 9.17) is 80.5 Å². The largest absolute Gasteiger partial charge is 0.491 e. The standard InChI is InChI=1S/2C11H20O2Si.2C10H18O2Si.2C9H12O2Si.C9H16OSi.C8H16OSi.C7H12OSi.C6H14O2Si/c14-11-3-7-1-8(11)2-9(7)4-12-5-10-6-13-10;14-11-3-7-1-8(10(11)2-7)4-12-5-9-6-13-9;13-10-3-6-1-7(10)2-9(6)12-5-8-4-11-8;13-10-3-6-1-8(10)9(2-6)12-5-7-4-11-7;2*12-9-3-1-7(2-4-9)10-5-8-6-11-8;11-2-1-5-3-6-4-7(5)9-8(6)10-9;10-4-3-6-1-2-7-8(5-6)9-7;9-5-2-3-1-4(5)7-6(3)8-7;9-3-1-2-7-4-6-5-8-6/h2*7-11H,1-6H2,14H3;2*6-10H,1-5H2,13H3;2*1-4,8H,5-6H2,12H3;5-9H,1-4H2,11H3;6-8H,1-5H2,10H3;3-7H,1-2H2,9H3;6H,1-5H2,9H3. The molecule has 27 heteroatoms. The van der Waals surface area contributed by atoms with E-state index in [9.17, 15) is 0 Å². The van der Waals surface area contributed by atoms with Crippen LogP contribution in [0, 0.1) is 94.7 Å². The van der Waals surface area contributed by atoms with Gasteiger partial charge in [-0.25, -0.2) is 0 Å². The molecule has 2 aromatic carbocycles. The Balaban J connectivity index is 0.0000000976. The topological polar surface area (TPSA) is 190 Å². The van der Waals surface area contributed by atoms with Crippen LogP contribution < -0.4 is 19.8 Å². The van der Waals surface area contributed by atoms with Gasteiger partial charge in [0.1, 0.15) is 67.4 Å². The van der Waals surface area contributed by atoms with Gasteiger partial charge in [-0.05, 0) is 239 Å². The highest BCUT2D eigenvalue weighted by atomic mass is 28.2. The Hall–Kier alpha value is -0.391. The summed E-state index contributed by atoms with van der Waals surface area (Å²) in [7, 11) is 13.3. The average Bonchev–Trinajstić information content (AvgIpc) is 1.57. The van der Waals surface area contributed by atoms with Crippen LogP contribution >= 0.6 is 0 Å². The van der Waals surface area contributed by atoms with E-state index in [1.165, 1.54) is 245 Å². The van der Waals surface area contributed by atoms with Crippen LogP contribution in [0.5, 0.6) is 11.5 Å². The molecule has 0 N–H and O–H groups in total. The van der Waals surface area contributed by atoms with Gasteiger partial charge in [-0.15, -0.1) is 0 Å². The second-order valence-electron chi connectivity index (χ2n) is 41.7. The molecular formula is C90H158O17Si10. The third-order valence-corrected chi connectivity index (χ3v) is 41.9. The number of epoxide rings is 10. The minimum absolute atomic E-state index is 0.348. The molecule has 0 spiro atoms. The SMILES string of the molecule is [SiH3]C1CC2CC(COCC3CO3)C1C2.[SiH3]C1CC2CC(OCC3CO3)C1C2.[SiH3]C1CC2CC1C1OC21.[SiH3]C1CC2CC1CC2COCC1CO1.[SiH3]C1CC2CC1CC2OCC1CO1.[SiH3]CCC1CC2CC1C1OC21.[SiH3]CCC1CCC2OC2C1.[SiH3]CCCOCC1CO1.[SiH3]c1ccc(OCC2CO2)cc1.[SiH3]c1ccc(OCC2CO2)cc1. The average molecular weight is 1790 g/mol. The minimum Gasteiger partial charge on any atom is -0.491 e. The smallest absolute Gasteiger partial charge is 0.119 e. The van der Waals surface area contributed by atoms with E-state index >= 15 is 0 Å². The first kappa shape index (κ1) is 90.0. The predicted octanol–water partition coefficient (Wildman–Crippen LogP) is 1.66. The van der Waals surface area contributed by atoms with Crippen LogP contribution in [0.1, 0.15) is 141 Å². The van der Waals surface area contributed by atoms with Crippen molar-refractivity contribution in [1.82, 2.24) is 0 Å². The van der Waals surface area contributed by atoms with Crippen molar-refractivity contribution in [2.45, 2.75) is 279 Å². The quantitative estimate of drug-likeness (QED) is 0.0649. The maximum atomic E-state index is 5.93. The first-order chi connectivity index (χ1) is 57.1. The Kier molecular flexibility index (Phi) is 33.5. The van der Waals surface area contributed by atoms with E-state index in [0.29, 0.717) is 80.4 Å². The molecule has 10 aliphatic heterocycles. The molecule has 0 radical (unpaired) electrons. The van der Waals surface area contributed by atoms with E-state index in [1.807, 2.05) is 24.3 Å². The Morgan fingerprint density at radius 1 is 0.316 bits per heavy atom. The van der Waals surface area contributed by atoms with Crippen molar-refractivity contribution in [3.63, 3.8) is 0 Å². The summed E-state index contributed by atoms with van der Waals surface area (Å²) >= 11 is 0. The van der Waals surface area contributed by atoms with Crippen molar-refractivity contribution in [3.05, 3.63) is 48.5 Å². The molecule has 23 aliphatic rings. The molecule has 13 saturated carbocycles. The summed E-state index contributed by atoms with van der Waals surface area (Å²) in [6, 6.07) is 20.8. The third kappa shape index (κ3) is 27.8. The molecule has 117 heavy (non-hydrogen) atoms. The summed E-state index contributed by atoms with van der Waals surface area (Å²) in [6.07, 6.45) is 40.6. The van der Waals surface area contributed by atoms with Gasteiger partial charge in [0.15, 0.2) is 0 Å². The fourth-order valence-corrected chi connectivity index (χ4v) is 33.3. The van der Waals surface area contributed by atoms with E-state index in [0.717, 1.165) is 278 Å². The molecule has 36 atom stereocenters. The van der Waals surface area contributed by atoms with Gasteiger partial charge in [0.25, 0.3) is 0 Å². The Labute approximate surface area is 734 Å². The lowest BCUT2D eigenvalue weighted by Gasteiger charge is -2.26. The number of hydrogen-bond acceptors (Lipinski definition) is 17. The molecule has 0 amide bonds. The van der Waals surface area contributed by atoms with Crippen LogP contribution in [0.25, 0.3) is 0 Å². The maximum absolute atomic E-state index is 5.93. The van der Waals surface area contributed by atoms with Gasteiger partial charge in [0.2, 0.25) is 0 Å². The van der Waals surface area contributed by atoms with Crippen molar-refractivity contribution in [2.75, 3.05) is 112 Å². The van der Waals surface area contributed by atoms with Gasteiger partial charge in [-0.1, -0.05) is 101 Å². The highest BCUT2D eigenvalue weighted by Crippen LogP contribution is 2.62. The molecular weight excluding hydrogens is 1630 g/mol. The number of fused-ring (bicyclic) bond motifs is 19. The van der Waals surface area contributed by atoms with Crippen molar-refractivity contribution in [2.24, 2.45) is 94.7 Å². The first-order valence-electron chi connectivity index (χ1n) is 48.7. The van der Waals surface area contributed by atoms with Gasteiger partial charge in [0.05, 0.1) is 128 Å². The van der Waals surface area contributed by atoms with E-state index in [1.54, 1.807) is 6.42 Å². The van der Waals surface area contributed by atoms with Gasteiger partial charge < -0.3 is 80.5 Å². The van der Waals surface area contributed by atoms with Crippen molar-refractivity contribution >= 4 is 113 Å². The molecule has 23 fully saturated rings. The molecule has 12 bridgehead atoms. The van der Waals surface area contributed by atoms with Crippen LogP contribution in [0.15, 0.2) is 48.5 Å². The fraction of sp³-hybridized carbons (Fsp3) is 0.867. The van der Waals surface area contributed by atoms with E-state index in [2.05, 4.69) is 24.3 Å². The van der Waals surface area contributed by atoms with Crippen molar-refractivity contribution in [3.8, 4) is 11.5 Å². The molecule has 25 rings (SSSR count). The zero-order valence-electron chi connectivity index (χ0n) is 74.0. The van der Waals surface area contributed by atoms with E-state index < -0.39 is 0 Å². The zero-order chi connectivity index (χ0) is 80.5. The molecule has 0 aromatic heterocycles. The lowest BCUT2D eigenvalue weighted by Crippen LogP contribution is -2.26. The molecule has 13 aliphatic carbocycles. The summed E-state index contributed by atoms with van der Waals surface area (Å²) in [5, 5.41) is 2.79. The van der Waals surface area contributed by atoms with Crippen LogP contribution in [-0.2, 0) is 71.1 Å². The van der Waals surface area contributed by atoms with Crippen LogP contribution in [-0.4, -0.2) is 306 Å². The normalized spacial score (nSPS) is 44.6. The molecule has 17 nitrogen and oxygen atoms in total. The maximum Gasteiger partial charge on any atom is 0.119 e. The second kappa shape index (κ2) is 43.6. The molecule has 10 heterocycles. The monoisotopic (exact) mass is 1790 g/mol. The van der Waals surface area contributed by atoms with Crippen molar-refractivity contribution < 1.29 is 80.5 Å². The summed E-state index contributed by atoms with van der Waals surface area (Å²) in [5.74, 6) is 17.9.